The highest BCUT2D eigenvalue weighted by atomic mass is 35.5. The van der Waals surface area contributed by atoms with E-state index in [1.165, 1.54) is 23.1 Å². The van der Waals surface area contributed by atoms with Crippen molar-refractivity contribution in [2.24, 2.45) is 11.3 Å². The van der Waals surface area contributed by atoms with Gasteiger partial charge in [0.05, 0.1) is 30.1 Å². The lowest BCUT2D eigenvalue weighted by molar-refractivity contribution is 0.0969. The fourth-order valence-corrected chi connectivity index (χ4v) is 6.64. The number of nitrogens with zero attached hydrogens (tertiary/aromatic N) is 5. The highest BCUT2D eigenvalue weighted by Gasteiger charge is 2.46. The van der Waals surface area contributed by atoms with E-state index in [4.69, 9.17) is 26.6 Å². The summed E-state index contributed by atoms with van der Waals surface area (Å²) in [6.45, 7) is 7.36. The third-order valence-electron chi connectivity index (χ3n) is 7.03. The predicted octanol–water partition coefficient (Wildman–Crippen LogP) is 5.92. The van der Waals surface area contributed by atoms with E-state index in [0.29, 0.717) is 28.2 Å². The van der Waals surface area contributed by atoms with Crippen LogP contribution in [-0.2, 0) is 4.74 Å². The van der Waals surface area contributed by atoms with E-state index in [0.717, 1.165) is 58.8 Å². The van der Waals surface area contributed by atoms with Gasteiger partial charge < -0.3 is 9.64 Å². The zero-order valence-corrected chi connectivity index (χ0v) is 20.9. The molecule has 2 aliphatic heterocycles. The molecule has 3 aromatic rings. The highest BCUT2D eigenvalue weighted by Crippen LogP contribution is 2.46. The Balaban J connectivity index is 1.27. The molecule has 2 aliphatic rings. The van der Waals surface area contributed by atoms with Gasteiger partial charge >= 0.3 is 0 Å². The van der Waals surface area contributed by atoms with Gasteiger partial charge in [-0.15, -0.1) is 11.3 Å². The summed E-state index contributed by atoms with van der Waals surface area (Å²) in [6.07, 6.45) is 6.28. The van der Waals surface area contributed by atoms with Crippen LogP contribution in [-0.4, -0.2) is 40.8 Å². The minimum absolute atomic E-state index is 0.312. The summed E-state index contributed by atoms with van der Waals surface area (Å²) in [7, 11) is 0. The molecule has 0 bridgehead atoms. The van der Waals surface area contributed by atoms with E-state index in [9.17, 15) is 0 Å². The molecule has 0 amide bonds. The minimum Gasteiger partial charge on any atom is -0.378 e. The average Bonchev–Trinajstić information content (AvgIpc) is 3.43. The van der Waals surface area contributed by atoms with Gasteiger partial charge in [0.2, 0.25) is 0 Å². The second kappa shape index (κ2) is 9.22. The summed E-state index contributed by atoms with van der Waals surface area (Å²) in [4.78, 5) is 16.9. The molecule has 1 aromatic carbocycles. The van der Waals surface area contributed by atoms with Gasteiger partial charge in [-0.25, -0.2) is 15.0 Å². The number of halogens is 1. The Morgan fingerprint density at radius 2 is 2.06 bits per heavy atom. The number of aromatic nitrogens is 3. The highest BCUT2D eigenvalue weighted by molar-refractivity contribution is 7.99. The van der Waals surface area contributed by atoms with Crippen LogP contribution in [0, 0.1) is 22.7 Å². The van der Waals surface area contributed by atoms with Crippen molar-refractivity contribution >= 4 is 40.5 Å². The normalized spacial score (nSPS) is 21.9. The Labute approximate surface area is 207 Å². The van der Waals surface area contributed by atoms with Crippen LogP contribution in [0.5, 0.6) is 0 Å². The first-order valence-electron chi connectivity index (χ1n) is 11.0. The van der Waals surface area contributed by atoms with Crippen LogP contribution < -0.4 is 4.90 Å². The van der Waals surface area contributed by atoms with E-state index < -0.39 is 0 Å². The molecule has 4 heterocycles. The molecule has 2 atom stereocenters. The number of anilines is 1. The molecule has 2 aromatic heterocycles. The number of hydrogen-bond acceptors (Lipinski definition) is 8. The number of benzene rings is 1. The standard InChI is InChI=1S/C24H24ClN5OS2/c1-15-16(2)31-14-24(15)6-8-30(9-7-24)20-11-28-21(12-27-20)33-19-5-3-4-18(22(19)25)23-29-17(10-26)13-32-23/h3-5,11-13,15-16H,6-9,14H2,1-2H3/t15-,16+/m1/s1. The van der Waals surface area contributed by atoms with Gasteiger partial charge in [-0.2, -0.15) is 5.26 Å². The number of thiazole rings is 1. The largest absolute Gasteiger partial charge is 0.378 e. The molecule has 0 aliphatic carbocycles. The Kier molecular flexibility index (Phi) is 6.32. The molecule has 170 valence electrons. The third-order valence-corrected chi connectivity index (χ3v) is 9.40. The first-order valence-corrected chi connectivity index (χ1v) is 13.1. The quantitative estimate of drug-likeness (QED) is 0.443. The molecule has 0 saturated carbocycles. The van der Waals surface area contributed by atoms with Crippen molar-refractivity contribution < 1.29 is 4.74 Å². The third kappa shape index (κ3) is 4.35. The van der Waals surface area contributed by atoms with E-state index in [1.807, 2.05) is 30.6 Å². The van der Waals surface area contributed by atoms with E-state index >= 15 is 0 Å². The van der Waals surface area contributed by atoms with E-state index in [1.54, 1.807) is 5.38 Å². The molecule has 0 radical (unpaired) electrons. The van der Waals surface area contributed by atoms with Gasteiger partial charge in [0, 0.05) is 34.3 Å². The maximum atomic E-state index is 9.04. The number of piperidine rings is 1. The van der Waals surface area contributed by atoms with Crippen molar-refractivity contribution in [3.8, 4) is 16.6 Å². The van der Waals surface area contributed by atoms with Crippen LogP contribution in [0.2, 0.25) is 5.02 Å². The Morgan fingerprint density at radius 3 is 2.70 bits per heavy atom. The Hall–Kier alpha value is -2.18. The van der Waals surface area contributed by atoms with Crippen LogP contribution in [0.3, 0.4) is 0 Å². The number of hydrogen-bond donors (Lipinski definition) is 0. The lowest BCUT2D eigenvalue weighted by Gasteiger charge is -2.41. The zero-order valence-electron chi connectivity index (χ0n) is 18.5. The monoisotopic (exact) mass is 497 g/mol. The van der Waals surface area contributed by atoms with Gasteiger partial charge in [-0.05, 0) is 31.7 Å². The Bertz CT molecular complexity index is 1180. The summed E-state index contributed by atoms with van der Waals surface area (Å²) < 4.78 is 5.95. The number of nitriles is 1. The van der Waals surface area contributed by atoms with Crippen molar-refractivity contribution in [2.75, 3.05) is 24.6 Å². The predicted molar refractivity (Wildman–Crippen MR) is 132 cm³/mol. The van der Waals surface area contributed by atoms with Gasteiger partial charge in [0.1, 0.15) is 21.9 Å². The summed E-state index contributed by atoms with van der Waals surface area (Å²) >= 11 is 9.57. The van der Waals surface area contributed by atoms with Crippen LogP contribution in [0.25, 0.3) is 10.6 Å². The van der Waals surface area contributed by atoms with Gasteiger partial charge in [-0.3, -0.25) is 0 Å². The van der Waals surface area contributed by atoms with Crippen LogP contribution >= 0.6 is 34.7 Å². The molecule has 2 fully saturated rings. The molecule has 5 rings (SSSR count). The van der Waals surface area contributed by atoms with Crippen molar-refractivity contribution in [2.45, 2.75) is 42.7 Å². The summed E-state index contributed by atoms with van der Waals surface area (Å²) in [5.74, 6) is 1.52. The summed E-state index contributed by atoms with van der Waals surface area (Å²) in [5, 5.41) is 12.9. The van der Waals surface area contributed by atoms with Crippen LogP contribution in [0.15, 0.2) is 45.9 Å². The van der Waals surface area contributed by atoms with E-state index in [2.05, 4.69) is 34.8 Å². The topological polar surface area (TPSA) is 74.9 Å². The van der Waals surface area contributed by atoms with E-state index in [-0.39, 0.29) is 0 Å². The summed E-state index contributed by atoms with van der Waals surface area (Å²) in [6, 6.07) is 7.88. The Morgan fingerprint density at radius 1 is 1.24 bits per heavy atom. The zero-order chi connectivity index (χ0) is 23.0. The van der Waals surface area contributed by atoms with Gasteiger partial charge in [0.15, 0.2) is 5.69 Å². The fourth-order valence-electron chi connectivity index (χ4n) is 4.69. The molecule has 0 unspecified atom stereocenters. The second-order valence-electron chi connectivity index (χ2n) is 8.74. The average molecular weight is 498 g/mol. The minimum atomic E-state index is 0.312. The first kappa shape index (κ1) is 22.6. The van der Waals surface area contributed by atoms with Crippen molar-refractivity contribution in [3.63, 3.8) is 0 Å². The first-order chi connectivity index (χ1) is 16.0. The molecule has 9 heteroatoms. The SMILES string of the molecule is C[C@@H]1OCC2(CCN(c3cnc(Sc4cccc(-c5nc(C#N)cs5)c4Cl)cn3)CC2)[C@@H]1C. The molecule has 2 saturated heterocycles. The summed E-state index contributed by atoms with van der Waals surface area (Å²) in [5.41, 5.74) is 1.53. The molecule has 0 N–H and O–H groups in total. The van der Waals surface area contributed by atoms with Crippen LogP contribution in [0.4, 0.5) is 5.82 Å². The smallest absolute Gasteiger partial charge is 0.152 e. The molecule has 1 spiro atoms. The fraction of sp³-hybridized carbons (Fsp3) is 0.417. The van der Waals surface area contributed by atoms with Crippen LogP contribution in [0.1, 0.15) is 32.4 Å². The van der Waals surface area contributed by atoms with Crippen molar-refractivity contribution in [3.05, 3.63) is 46.7 Å². The number of rotatable bonds is 4. The van der Waals surface area contributed by atoms with Crippen molar-refractivity contribution in [1.29, 1.82) is 5.26 Å². The van der Waals surface area contributed by atoms with Gasteiger partial charge in [-0.1, -0.05) is 42.4 Å². The number of ether oxygens (including phenoxy) is 1. The maximum absolute atomic E-state index is 9.04. The molecular formula is C24H24ClN5OS2. The second-order valence-corrected chi connectivity index (χ2v) is 11.0. The molecule has 33 heavy (non-hydrogen) atoms. The van der Waals surface area contributed by atoms with Crippen molar-refractivity contribution in [1.82, 2.24) is 15.0 Å². The lowest BCUT2D eigenvalue weighted by atomic mass is 9.70. The van der Waals surface area contributed by atoms with Gasteiger partial charge in [0.25, 0.3) is 0 Å². The maximum Gasteiger partial charge on any atom is 0.152 e. The molecule has 6 nitrogen and oxygen atoms in total. The molecular weight excluding hydrogens is 474 g/mol. The lowest BCUT2D eigenvalue weighted by Crippen LogP contribution is -2.44.